The Balaban J connectivity index is 1.24. The molecule has 0 unspecified atom stereocenters. The Morgan fingerprint density at radius 3 is 2.54 bits per heavy atom. The number of amides is 2. The first-order valence-corrected chi connectivity index (χ1v) is 9.71. The van der Waals surface area contributed by atoms with Gasteiger partial charge in [0.1, 0.15) is 0 Å². The van der Waals surface area contributed by atoms with Crippen LogP contribution in [0.1, 0.15) is 35.2 Å². The number of aryl methyl sites for hydroxylation is 1. The normalized spacial score (nSPS) is 16.1. The van der Waals surface area contributed by atoms with Crippen LogP contribution < -0.4 is 14.8 Å². The zero-order valence-corrected chi connectivity index (χ0v) is 15.7. The standard InChI is InChI=1S/C22H24N2O4/c25-21(9-6-16-4-2-1-3-5-16)23-18-10-12-24(13-11-18)22(26)17-7-8-19-20(14-17)28-15-27-19/h1-5,7-8,14,18H,6,9-13,15H2,(H,23,25). The molecule has 0 aromatic heterocycles. The van der Waals surface area contributed by atoms with Gasteiger partial charge in [0, 0.05) is 31.1 Å². The number of hydrogen-bond acceptors (Lipinski definition) is 4. The van der Waals surface area contributed by atoms with Gasteiger partial charge in [-0.1, -0.05) is 30.3 Å². The average Bonchev–Trinajstić information content (AvgIpc) is 3.21. The molecular weight excluding hydrogens is 356 g/mol. The number of likely N-dealkylation sites (tertiary alicyclic amines) is 1. The first-order chi connectivity index (χ1) is 13.7. The van der Waals surface area contributed by atoms with E-state index in [0.717, 1.165) is 19.3 Å². The molecule has 28 heavy (non-hydrogen) atoms. The van der Waals surface area contributed by atoms with Gasteiger partial charge < -0.3 is 19.7 Å². The summed E-state index contributed by atoms with van der Waals surface area (Å²) < 4.78 is 10.6. The van der Waals surface area contributed by atoms with E-state index >= 15 is 0 Å². The highest BCUT2D eigenvalue weighted by Gasteiger charge is 2.25. The predicted molar refractivity (Wildman–Crippen MR) is 104 cm³/mol. The van der Waals surface area contributed by atoms with E-state index in [4.69, 9.17) is 9.47 Å². The molecule has 2 amide bonds. The molecule has 0 bridgehead atoms. The molecule has 6 heteroatoms. The zero-order chi connectivity index (χ0) is 19.3. The van der Waals surface area contributed by atoms with Crippen LogP contribution in [0.25, 0.3) is 0 Å². The maximum atomic E-state index is 12.7. The van der Waals surface area contributed by atoms with Crippen molar-refractivity contribution in [3.05, 3.63) is 59.7 Å². The second kappa shape index (κ2) is 8.33. The smallest absolute Gasteiger partial charge is 0.253 e. The Labute approximate surface area is 164 Å². The van der Waals surface area contributed by atoms with Crippen molar-refractivity contribution in [1.29, 1.82) is 0 Å². The van der Waals surface area contributed by atoms with Gasteiger partial charge in [0.05, 0.1) is 0 Å². The van der Waals surface area contributed by atoms with Crippen LogP contribution in [-0.2, 0) is 11.2 Å². The summed E-state index contributed by atoms with van der Waals surface area (Å²) in [6.07, 6.45) is 2.77. The molecule has 1 saturated heterocycles. The van der Waals surface area contributed by atoms with E-state index in [0.29, 0.717) is 36.6 Å². The topological polar surface area (TPSA) is 67.9 Å². The highest BCUT2D eigenvalue weighted by Crippen LogP contribution is 2.33. The van der Waals surface area contributed by atoms with Gasteiger partial charge >= 0.3 is 0 Å². The fourth-order valence-electron chi connectivity index (χ4n) is 3.64. The van der Waals surface area contributed by atoms with Crippen LogP contribution in [0.3, 0.4) is 0 Å². The number of hydrogen-bond donors (Lipinski definition) is 1. The summed E-state index contributed by atoms with van der Waals surface area (Å²) in [5.74, 6) is 1.36. The van der Waals surface area contributed by atoms with Crippen LogP contribution in [0.5, 0.6) is 11.5 Å². The fraction of sp³-hybridized carbons (Fsp3) is 0.364. The van der Waals surface area contributed by atoms with Gasteiger partial charge in [-0.25, -0.2) is 0 Å². The maximum Gasteiger partial charge on any atom is 0.253 e. The van der Waals surface area contributed by atoms with E-state index in [1.54, 1.807) is 18.2 Å². The molecule has 1 fully saturated rings. The summed E-state index contributed by atoms with van der Waals surface area (Å²) in [7, 11) is 0. The largest absolute Gasteiger partial charge is 0.454 e. The van der Waals surface area contributed by atoms with Gasteiger partial charge in [-0.15, -0.1) is 0 Å². The molecule has 6 nitrogen and oxygen atoms in total. The van der Waals surface area contributed by atoms with Gasteiger partial charge in [0.15, 0.2) is 11.5 Å². The second-order valence-corrected chi connectivity index (χ2v) is 7.19. The van der Waals surface area contributed by atoms with Gasteiger partial charge in [0.25, 0.3) is 5.91 Å². The highest BCUT2D eigenvalue weighted by molar-refractivity contribution is 5.95. The number of ether oxygens (including phenoxy) is 2. The summed E-state index contributed by atoms with van der Waals surface area (Å²) >= 11 is 0. The lowest BCUT2D eigenvalue weighted by Crippen LogP contribution is -2.46. The van der Waals surface area contributed by atoms with Crippen molar-refractivity contribution in [1.82, 2.24) is 10.2 Å². The number of fused-ring (bicyclic) bond motifs is 1. The Kier molecular flexibility index (Phi) is 5.46. The van der Waals surface area contributed by atoms with Crippen molar-refractivity contribution < 1.29 is 19.1 Å². The quantitative estimate of drug-likeness (QED) is 0.866. The number of benzene rings is 2. The van der Waals surface area contributed by atoms with Crippen molar-refractivity contribution in [2.75, 3.05) is 19.9 Å². The van der Waals surface area contributed by atoms with Crippen LogP contribution in [0.2, 0.25) is 0 Å². The van der Waals surface area contributed by atoms with Gasteiger partial charge in [-0.3, -0.25) is 9.59 Å². The minimum absolute atomic E-state index is 0.00726. The third-order valence-electron chi connectivity index (χ3n) is 5.25. The Hall–Kier alpha value is -3.02. The van der Waals surface area contributed by atoms with Crippen LogP contribution >= 0.6 is 0 Å². The van der Waals surface area contributed by atoms with Crippen molar-refractivity contribution in [2.24, 2.45) is 0 Å². The molecule has 0 saturated carbocycles. The predicted octanol–water partition coefficient (Wildman–Crippen LogP) is 2.77. The number of carbonyl (C=O) groups excluding carboxylic acids is 2. The van der Waals surface area contributed by atoms with E-state index in [2.05, 4.69) is 5.32 Å². The molecule has 2 aromatic rings. The third-order valence-corrected chi connectivity index (χ3v) is 5.25. The molecule has 2 aliphatic rings. The van der Waals surface area contributed by atoms with Gasteiger partial charge in [-0.05, 0) is 43.0 Å². The van der Waals surface area contributed by atoms with Crippen molar-refractivity contribution in [3.63, 3.8) is 0 Å². The molecule has 2 aromatic carbocycles. The summed E-state index contributed by atoms with van der Waals surface area (Å²) in [6, 6.07) is 15.4. The molecule has 146 valence electrons. The molecule has 2 heterocycles. The lowest BCUT2D eigenvalue weighted by molar-refractivity contribution is -0.122. The molecule has 0 aliphatic carbocycles. The number of nitrogens with one attached hydrogen (secondary N) is 1. The Morgan fingerprint density at radius 1 is 1.00 bits per heavy atom. The van der Waals surface area contributed by atoms with Crippen LogP contribution in [0, 0.1) is 0 Å². The Morgan fingerprint density at radius 2 is 1.75 bits per heavy atom. The number of nitrogens with zero attached hydrogens (tertiary/aromatic N) is 1. The SMILES string of the molecule is O=C(CCc1ccccc1)NC1CCN(C(=O)c2ccc3c(c2)OCO3)CC1. The van der Waals surface area contributed by atoms with Crippen molar-refractivity contribution in [3.8, 4) is 11.5 Å². The van der Waals surface area contributed by atoms with E-state index in [9.17, 15) is 9.59 Å². The van der Waals surface area contributed by atoms with Gasteiger partial charge in [-0.2, -0.15) is 0 Å². The lowest BCUT2D eigenvalue weighted by Gasteiger charge is -2.32. The molecule has 2 aliphatic heterocycles. The van der Waals surface area contributed by atoms with Crippen LogP contribution in [0.4, 0.5) is 0 Å². The summed E-state index contributed by atoms with van der Waals surface area (Å²) in [5.41, 5.74) is 1.77. The summed E-state index contributed by atoms with van der Waals surface area (Å²) in [5, 5.41) is 3.11. The monoisotopic (exact) mass is 380 g/mol. The number of piperidine rings is 1. The highest BCUT2D eigenvalue weighted by atomic mass is 16.7. The van der Waals surface area contributed by atoms with Crippen molar-refractivity contribution >= 4 is 11.8 Å². The van der Waals surface area contributed by atoms with Crippen LogP contribution in [-0.4, -0.2) is 42.6 Å². The first-order valence-electron chi connectivity index (χ1n) is 9.71. The molecular formula is C22H24N2O4. The maximum absolute atomic E-state index is 12.7. The second-order valence-electron chi connectivity index (χ2n) is 7.19. The Bertz CT molecular complexity index is 845. The zero-order valence-electron chi connectivity index (χ0n) is 15.7. The minimum atomic E-state index is -0.00726. The molecule has 4 rings (SSSR count). The van der Waals surface area contributed by atoms with E-state index in [-0.39, 0.29) is 24.6 Å². The molecule has 0 radical (unpaired) electrons. The average molecular weight is 380 g/mol. The van der Waals surface area contributed by atoms with E-state index in [1.165, 1.54) is 5.56 Å². The summed E-state index contributed by atoms with van der Waals surface area (Å²) in [4.78, 5) is 26.8. The van der Waals surface area contributed by atoms with Gasteiger partial charge in [0.2, 0.25) is 12.7 Å². The number of rotatable bonds is 5. The molecule has 0 atom stereocenters. The molecule has 0 spiro atoms. The minimum Gasteiger partial charge on any atom is -0.454 e. The summed E-state index contributed by atoms with van der Waals surface area (Å²) in [6.45, 7) is 1.47. The van der Waals surface area contributed by atoms with E-state index in [1.807, 2.05) is 35.2 Å². The lowest BCUT2D eigenvalue weighted by atomic mass is 10.0. The van der Waals surface area contributed by atoms with Crippen LogP contribution in [0.15, 0.2) is 48.5 Å². The number of carbonyl (C=O) groups is 2. The van der Waals surface area contributed by atoms with E-state index < -0.39 is 0 Å². The first kappa shape index (κ1) is 18.3. The van der Waals surface area contributed by atoms with Crippen molar-refractivity contribution in [2.45, 2.75) is 31.7 Å². The fourth-order valence-corrected chi connectivity index (χ4v) is 3.64. The third kappa shape index (κ3) is 4.27. The molecule has 1 N–H and O–H groups in total.